The van der Waals surface area contributed by atoms with Crippen LogP contribution in [0.1, 0.15) is 16.1 Å². The zero-order valence-electron chi connectivity index (χ0n) is 20.3. The molecule has 0 saturated carbocycles. The number of hydrogen-bond acceptors (Lipinski definition) is 4. The van der Waals surface area contributed by atoms with Gasteiger partial charge in [0.05, 0.1) is 17.6 Å². The van der Waals surface area contributed by atoms with E-state index in [4.69, 9.17) is 9.39 Å². The molecule has 0 radical (unpaired) electrons. The lowest BCUT2D eigenvalue weighted by atomic mass is 9.83. The minimum absolute atomic E-state index is 0.570. The van der Waals surface area contributed by atoms with Gasteiger partial charge in [0.1, 0.15) is 16.4 Å². The molecule has 4 nitrogen and oxygen atoms in total. The Bertz CT molecular complexity index is 1850. The minimum Gasteiger partial charge on any atom is -0.608 e. The summed E-state index contributed by atoms with van der Waals surface area (Å²) in [5, 5.41) is 3.93. The van der Waals surface area contributed by atoms with Crippen molar-refractivity contribution in [2.75, 3.05) is 7.11 Å². The Morgan fingerprint density at radius 2 is 1.58 bits per heavy atom. The molecule has 3 aromatic heterocycles. The zero-order chi connectivity index (χ0) is 25.4. The van der Waals surface area contributed by atoms with Crippen molar-refractivity contribution in [2.24, 2.45) is 0 Å². The maximum Gasteiger partial charge on any atom is 0.759 e. The number of ether oxygens (including phenoxy) is 1. The van der Waals surface area contributed by atoms with Gasteiger partial charge in [-0.15, -0.1) is 22.7 Å². The molecule has 0 spiro atoms. The summed E-state index contributed by atoms with van der Waals surface area (Å²) < 4.78 is 33.6. The number of nitrogens with zero attached hydrogens (tertiary/aromatic N) is 2. The van der Waals surface area contributed by atoms with Crippen LogP contribution >= 0.6 is 22.7 Å². The average Bonchev–Trinajstić information content (AvgIpc) is 3.74. The lowest BCUT2D eigenvalue weighted by Gasteiger charge is -2.39. The summed E-state index contributed by atoms with van der Waals surface area (Å²) in [6.45, 7) is -3.22. The summed E-state index contributed by atoms with van der Waals surface area (Å²) in [5.74, 6) is 1.28. The first-order valence-electron chi connectivity index (χ1n) is 12.4. The predicted octanol–water partition coefficient (Wildman–Crippen LogP) is 7.55. The predicted molar refractivity (Wildman–Crippen MR) is 154 cm³/mol. The van der Waals surface area contributed by atoms with Crippen molar-refractivity contribution in [3.05, 3.63) is 118 Å². The number of fused-ring (bicyclic) bond motifs is 4. The second kappa shape index (κ2) is 7.93. The second-order valence-corrected chi connectivity index (χ2v) is 11.3. The monoisotopic (exact) mass is 534 g/mol. The normalized spacial score (nSPS) is 18.8. The van der Waals surface area contributed by atoms with Crippen LogP contribution in [0.2, 0.25) is 0 Å². The van der Waals surface area contributed by atoms with Crippen LogP contribution in [0.3, 0.4) is 0 Å². The Balaban J connectivity index is 1.49. The molecule has 0 amide bonds. The number of rotatable bonds is 4. The second-order valence-electron chi connectivity index (χ2n) is 9.43. The van der Waals surface area contributed by atoms with Crippen LogP contribution in [-0.4, -0.2) is 28.7 Å². The van der Waals surface area contributed by atoms with Crippen molar-refractivity contribution >= 4 is 46.9 Å². The first kappa shape index (κ1) is 21.9. The molecule has 3 aliphatic heterocycles. The van der Waals surface area contributed by atoms with Gasteiger partial charge in [-0.25, -0.2) is 0 Å². The van der Waals surface area contributed by atoms with E-state index in [-0.39, 0.29) is 0 Å². The molecular weight excluding hydrogens is 514 g/mol. The Hall–Kier alpha value is -4.14. The van der Waals surface area contributed by atoms with E-state index >= 15 is 4.32 Å². The highest BCUT2D eigenvalue weighted by Gasteiger charge is 2.60. The number of halogens is 1. The van der Waals surface area contributed by atoms with Crippen LogP contribution in [0.25, 0.3) is 33.3 Å². The lowest BCUT2D eigenvalue weighted by molar-refractivity contribution is -0.365. The highest BCUT2D eigenvalue weighted by molar-refractivity contribution is 7.14. The summed E-state index contributed by atoms with van der Waals surface area (Å²) in [5.41, 5.74) is 7.13. The number of benzene rings is 2. The summed E-state index contributed by atoms with van der Waals surface area (Å²) >= 11 is 3.10. The van der Waals surface area contributed by atoms with E-state index in [1.54, 1.807) is 27.4 Å². The molecule has 1 unspecified atom stereocenters. The van der Waals surface area contributed by atoms with E-state index in [0.717, 1.165) is 54.8 Å². The van der Waals surface area contributed by atoms with Crippen molar-refractivity contribution in [3.63, 3.8) is 0 Å². The fourth-order valence-electron chi connectivity index (χ4n) is 5.84. The van der Waals surface area contributed by atoms with Crippen LogP contribution in [0.5, 0.6) is 11.5 Å². The molecule has 3 aliphatic rings. The third-order valence-electron chi connectivity index (χ3n) is 7.45. The molecule has 1 atom stereocenters. The first-order chi connectivity index (χ1) is 18.7. The molecule has 0 bridgehead atoms. The smallest absolute Gasteiger partial charge is 0.608 e. The van der Waals surface area contributed by atoms with Gasteiger partial charge in [-0.2, -0.15) is 0 Å². The highest BCUT2D eigenvalue weighted by atomic mass is 32.1. The van der Waals surface area contributed by atoms with Crippen molar-refractivity contribution in [1.29, 1.82) is 0 Å². The summed E-state index contributed by atoms with van der Waals surface area (Å²) in [4.78, 5) is 1.80. The van der Waals surface area contributed by atoms with Crippen LogP contribution in [0.15, 0.2) is 101 Å². The molecule has 5 aromatic rings. The van der Waals surface area contributed by atoms with Gasteiger partial charge in [0.2, 0.25) is 0 Å². The quantitative estimate of drug-likeness (QED) is 0.223. The van der Waals surface area contributed by atoms with Gasteiger partial charge in [0.25, 0.3) is 0 Å². The van der Waals surface area contributed by atoms with E-state index in [2.05, 4.69) is 42.5 Å². The molecule has 6 heterocycles. The number of methoxy groups -OCH3 is 1. The van der Waals surface area contributed by atoms with Gasteiger partial charge >= 0.3 is 6.90 Å². The van der Waals surface area contributed by atoms with Gasteiger partial charge in [-0.05, 0) is 40.1 Å². The SMILES string of the molecule is COc1ccsc1-c1cc(-c2ccccc2)c2n1[B-]1(F)Oc3ccsc3C3=[N+]1C(=C2)C(c1ccccc1)=C3. The Morgan fingerprint density at radius 1 is 0.868 bits per heavy atom. The lowest BCUT2D eigenvalue weighted by Crippen LogP contribution is -2.60. The minimum atomic E-state index is -3.22. The van der Waals surface area contributed by atoms with Crippen LogP contribution in [-0.2, 0) is 0 Å². The maximum absolute atomic E-state index is 18.0. The molecule has 8 rings (SSSR count). The standard InChI is InChI=1S/C30H20BFN2O2S2/c1-35-27-12-14-37-29(27)25-16-21(19-8-4-2-5-9-19)23-18-24-22(20-10-6-3-7-11-20)17-26-30-28(13-15-38-30)36-31(32,33(23)25)34(24)26/h2-18H,1H3. The third kappa shape index (κ3) is 2.87. The summed E-state index contributed by atoms with van der Waals surface area (Å²) in [6.07, 6.45) is 4.22. The Morgan fingerprint density at radius 3 is 2.34 bits per heavy atom. The Kier molecular flexibility index (Phi) is 4.57. The van der Waals surface area contributed by atoms with Gasteiger partial charge in [0, 0.05) is 29.1 Å². The Labute approximate surface area is 226 Å². The van der Waals surface area contributed by atoms with Gasteiger partial charge in [-0.3, -0.25) is 0 Å². The number of allylic oxidation sites excluding steroid dienone is 2. The molecule has 38 heavy (non-hydrogen) atoms. The van der Waals surface area contributed by atoms with Crippen LogP contribution in [0.4, 0.5) is 4.32 Å². The molecule has 0 aliphatic carbocycles. The van der Waals surface area contributed by atoms with Gasteiger partial charge in [-0.1, -0.05) is 60.7 Å². The summed E-state index contributed by atoms with van der Waals surface area (Å²) in [6, 6.07) is 26.2. The van der Waals surface area contributed by atoms with Gasteiger partial charge in [0.15, 0.2) is 11.4 Å². The summed E-state index contributed by atoms with van der Waals surface area (Å²) in [7, 11) is 1.65. The van der Waals surface area contributed by atoms with E-state index < -0.39 is 6.90 Å². The fraction of sp³-hybridized carbons (Fsp3) is 0.0333. The maximum atomic E-state index is 18.0. The molecule has 2 aromatic carbocycles. The number of aromatic nitrogens is 1. The van der Waals surface area contributed by atoms with Crippen LogP contribution in [0, 0.1) is 0 Å². The molecule has 0 N–H and O–H groups in total. The van der Waals surface area contributed by atoms with E-state index in [1.807, 2.05) is 59.3 Å². The first-order valence-corrected chi connectivity index (χ1v) is 14.1. The van der Waals surface area contributed by atoms with Gasteiger partial charge < -0.3 is 22.7 Å². The topological polar surface area (TPSA) is 26.4 Å². The highest BCUT2D eigenvalue weighted by Crippen LogP contribution is 2.50. The number of thiophene rings is 2. The van der Waals surface area contributed by atoms with Crippen molar-refractivity contribution in [2.45, 2.75) is 0 Å². The van der Waals surface area contributed by atoms with Crippen molar-refractivity contribution < 1.29 is 18.2 Å². The fourth-order valence-corrected chi connectivity index (χ4v) is 7.55. The van der Waals surface area contributed by atoms with E-state index in [0.29, 0.717) is 11.5 Å². The molecule has 0 fully saturated rings. The van der Waals surface area contributed by atoms with Crippen LogP contribution < -0.4 is 9.39 Å². The van der Waals surface area contributed by atoms with E-state index in [1.165, 1.54) is 11.3 Å². The molecule has 184 valence electrons. The molecule has 8 heteroatoms. The molecule has 0 saturated heterocycles. The third-order valence-corrected chi connectivity index (χ3v) is 9.29. The molecular formula is C30H20BFN2O2S2. The number of hydrogen-bond donors (Lipinski definition) is 0. The zero-order valence-corrected chi connectivity index (χ0v) is 21.9. The van der Waals surface area contributed by atoms with Crippen molar-refractivity contribution in [3.8, 4) is 33.2 Å². The van der Waals surface area contributed by atoms with E-state index in [9.17, 15) is 0 Å². The largest absolute Gasteiger partial charge is 0.759 e. The van der Waals surface area contributed by atoms with Crippen molar-refractivity contribution in [1.82, 2.24) is 4.48 Å². The average molecular weight is 534 g/mol.